The summed E-state index contributed by atoms with van der Waals surface area (Å²) < 4.78 is 41.1. The SMILES string of the molecule is COCCCNC(=O)c1cc(S(=O)(=O)Cl)c(Br)cc1F. The van der Waals surface area contributed by atoms with E-state index in [1.54, 1.807) is 0 Å². The molecule has 112 valence electrons. The predicted molar refractivity (Wildman–Crippen MR) is 76.0 cm³/mol. The van der Waals surface area contributed by atoms with Crippen molar-refractivity contribution in [3.8, 4) is 0 Å². The van der Waals surface area contributed by atoms with Crippen molar-refractivity contribution < 1.29 is 22.3 Å². The van der Waals surface area contributed by atoms with Gasteiger partial charge in [-0.25, -0.2) is 12.8 Å². The van der Waals surface area contributed by atoms with E-state index in [1.165, 1.54) is 7.11 Å². The first-order valence-electron chi connectivity index (χ1n) is 5.48. The molecule has 0 aliphatic carbocycles. The van der Waals surface area contributed by atoms with Gasteiger partial charge >= 0.3 is 0 Å². The third kappa shape index (κ3) is 4.69. The van der Waals surface area contributed by atoms with E-state index >= 15 is 0 Å². The van der Waals surface area contributed by atoms with Crippen LogP contribution in [-0.2, 0) is 13.8 Å². The fourth-order valence-corrected chi connectivity index (χ4v) is 3.57. The van der Waals surface area contributed by atoms with E-state index in [-0.39, 0.29) is 21.5 Å². The van der Waals surface area contributed by atoms with Gasteiger partial charge in [-0.15, -0.1) is 0 Å². The molecule has 0 unspecified atom stereocenters. The number of nitrogens with one attached hydrogen (secondary N) is 1. The lowest BCUT2D eigenvalue weighted by molar-refractivity contribution is 0.0944. The number of rotatable bonds is 6. The number of carbonyl (C=O) groups is 1. The molecule has 20 heavy (non-hydrogen) atoms. The van der Waals surface area contributed by atoms with E-state index in [0.717, 1.165) is 12.1 Å². The van der Waals surface area contributed by atoms with Gasteiger partial charge in [-0.05, 0) is 34.5 Å². The van der Waals surface area contributed by atoms with Crippen LogP contribution in [0, 0.1) is 5.82 Å². The van der Waals surface area contributed by atoms with Gasteiger partial charge in [0, 0.05) is 35.4 Å². The largest absolute Gasteiger partial charge is 0.385 e. The third-order valence-corrected chi connectivity index (χ3v) is 4.62. The monoisotopic (exact) mass is 387 g/mol. The van der Waals surface area contributed by atoms with Gasteiger partial charge in [0.15, 0.2) is 0 Å². The molecule has 1 rings (SSSR count). The molecular weight excluding hydrogens is 377 g/mol. The molecule has 0 spiro atoms. The predicted octanol–water partition coefficient (Wildman–Crippen LogP) is 2.28. The molecule has 0 heterocycles. The minimum atomic E-state index is -4.08. The molecule has 1 N–H and O–H groups in total. The van der Waals surface area contributed by atoms with Gasteiger partial charge in [0.05, 0.1) is 10.5 Å². The molecule has 9 heteroatoms. The molecule has 1 amide bonds. The zero-order valence-electron chi connectivity index (χ0n) is 10.5. The average molecular weight is 389 g/mol. The van der Waals surface area contributed by atoms with Crippen LogP contribution in [0.4, 0.5) is 4.39 Å². The van der Waals surface area contributed by atoms with Crippen molar-refractivity contribution in [2.75, 3.05) is 20.3 Å². The Morgan fingerprint density at radius 3 is 2.70 bits per heavy atom. The fourth-order valence-electron chi connectivity index (χ4n) is 1.40. The number of hydrogen-bond acceptors (Lipinski definition) is 4. The van der Waals surface area contributed by atoms with Gasteiger partial charge in [0.25, 0.3) is 15.0 Å². The van der Waals surface area contributed by atoms with E-state index in [9.17, 15) is 17.6 Å². The molecule has 0 saturated heterocycles. The molecule has 0 bridgehead atoms. The topological polar surface area (TPSA) is 72.5 Å². The molecule has 0 atom stereocenters. The standard InChI is InChI=1S/C11H12BrClFNO4S/c1-19-4-2-3-15-11(16)7-5-10(20(13,17)18)8(12)6-9(7)14/h5-6H,2-4H2,1H3,(H,15,16). The summed E-state index contributed by atoms with van der Waals surface area (Å²) in [6, 6.07) is 1.78. The lowest BCUT2D eigenvalue weighted by Gasteiger charge is -2.08. The fraction of sp³-hybridized carbons (Fsp3) is 0.364. The summed E-state index contributed by atoms with van der Waals surface area (Å²) in [4.78, 5) is 11.4. The minimum Gasteiger partial charge on any atom is -0.385 e. The van der Waals surface area contributed by atoms with Crippen LogP contribution in [0.15, 0.2) is 21.5 Å². The van der Waals surface area contributed by atoms with E-state index in [4.69, 9.17) is 15.4 Å². The molecule has 1 aromatic carbocycles. The Morgan fingerprint density at radius 1 is 1.50 bits per heavy atom. The zero-order chi connectivity index (χ0) is 15.3. The lowest BCUT2D eigenvalue weighted by Crippen LogP contribution is -2.26. The average Bonchev–Trinajstić information content (AvgIpc) is 2.32. The number of benzene rings is 1. The summed E-state index contributed by atoms with van der Waals surface area (Å²) in [6.45, 7) is 0.732. The molecule has 0 saturated carbocycles. The van der Waals surface area contributed by atoms with Crippen molar-refractivity contribution in [1.82, 2.24) is 5.32 Å². The normalized spacial score (nSPS) is 11.4. The zero-order valence-corrected chi connectivity index (χ0v) is 13.6. The van der Waals surface area contributed by atoms with Crippen LogP contribution >= 0.6 is 26.6 Å². The van der Waals surface area contributed by atoms with Gasteiger partial charge in [0.1, 0.15) is 5.82 Å². The first-order chi connectivity index (χ1) is 9.27. The lowest BCUT2D eigenvalue weighted by atomic mass is 10.2. The van der Waals surface area contributed by atoms with Crippen molar-refractivity contribution in [3.63, 3.8) is 0 Å². The number of hydrogen-bond donors (Lipinski definition) is 1. The molecule has 0 fully saturated rings. The van der Waals surface area contributed by atoms with Crippen LogP contribution in [0.25, 0.3) is 0 Å². The smallest absolute Gasteiger partial charge is 0.262 e. The van der Waals surface area contributed by atoms with Crippen LogP contribution in [0.5, 0.6) is 0 Å². The van der Waals surface area contributed by atoms with Crippen LogP contribution < -0.4 is 5.32 Å². The second kappa shape index (κ2) is 7.35. The number of halogens is 3. The summed E-state index contributed by atoms with van der Waals surface area (Å²) in [7, 11) is 2.65. The van der Waals surface area contributed by atoms with Crippen molar-refractivity contribution in [3.05, 3.63) is 28.0 Å². The minimum absolute atomic E-state index is 0.0408. The van der Waals surface area contributed by atoms with Gasteiger partial charge in [-0.1, -0.05) is 0 Å². The molecule has 0 aliphatic rings. The van der Waals surface area contributed by atoms with Crippen LogP contribution in [0.1, 0.15) is 16.8 Å². The summed E-state index contributed by atoms with van der Waals surface area (Å²) in [5.41, 5.74) is -0.384. The second-order valence-electron chi connectivity index (χ2n) is 3.80. The molecule has 0 aromatic heterocycles. The van der Waals surface area contributed by atoms with E-state index in [1.807, 2.05) is 0 Å². The highest BCUT2D eigenvalue weighted by molar-refractivity contribution is 9.10. The Hall–Kier alpha value is -0.700. The number of ether oxygens (including phenoxy) is 1. The number of methoxy groups -OCH3 is 1. The Balaban J connectivity index is 2.98. The van der Waals surface area contributed by atoms with Crippen molar-refractivity contribution in [2.45, 2.75) is 11.3 Å². The first-order valence-corrected chi connectivity index (χ1v) is 8.58. The summed E-state index contributed by atoms with van der Waals surface area (Å²) in [5, 5.41) is 2.46. The summed E-state index contributed by atoms with van der Waals surface area (Å²) in [5.74, 6) is -1.56. The maximum Gasteiger partial charge on any atom is 0.262 e. The Bertz CT molecular complexity index is 609. The maximum atomic E-state index is 13.7. The van der Waals surface area contributed by atoms with Crippen LogP contribution in [-0.4, -0.2) is 34.6 Å². The first kappa shape index (κ1) is 17.4. The molecule has 1 aromatic rings. The summed E-state index contributed by atoms with van der Waals surface area (Å²) >= 11 is 2.89. The van der Waals surface area contributed by atoms with Crippen LogP contribution in [0.3, 0.4) is 0 Å². The number of amides is 1. The van der Waals surface area contributed by atoms with Crippen molar-refractivity contribution in [1.29, 1.82) is 0 Å². The van der Waals surface area contributed by atoms with Gasteiger partial charge < -0.3 is 10.1 Å². The molecular formula is C11H12BrClFNO4S. The highest BCUT2D eigenvalue weighted by Crippen LogP contribution is 2.28. The van der Waals surface area contributed by atoms with Gasteiger partial charge in [-0.3, -0.25) is 4.79 Å². The molecule has 0 aliphatic heterocycles. The highest BCUT2D eigenvalue weighted by atomic mass is 79.9. The Kier molecular flexibility index (Phi) is 6.38. The Labute approximate surface area is 129 Å². The van der Waals surface area contributed by atoms with E-state index < -0.39 is 20.8 Å². The molecule has 5 nitrogen and oxygen atoms in total. The second-order valence-corrected chi connectivity index (χ2v) is 7.19. The van der Waals surface area contributed by atoms with Crippen LogP contribution in [0.2, 0.25) is 0 Å². The van der Waals surface area contributed by atoms with Gasteiger partial charge in [0.2, 0.25) is 0 Å². The molecule has 0 radical (unpaired) electrons. The maximum absolute atomic E-state index is 13.7. The summed E-state index contributed by atoms with van der Waals surface area (Å²) in [6.07, 6.45) is 0.557. The quantitative estimate of drug-likeness (QED) is 0.599. The van der Waals surface area contributed by atoms with Crippen molar-refractivity contribution >= 4 is 41.6 Å². The van der Waals surface area contributed by atoms with Gasteiger partial charge in [-0.2, -0.15) is 0 Å². The third-order valence-electron chi connectivity index (χ3n) is 2.34. The van der Waals surface area contributed by atoms with E-state index in [2.05, 4.69) is 21.2 Å². The number of carbonyl (C=O) groups excluding carboxylic acids is 1. The highest BCUT2D eigenvalue weighted by Gasteiger charge is 2.21. The van der Waals surface area contributed by atoms with E-state index in [0.29, 0.717) is 13.0 Å². The Morgan fingerprint density at radius 2 is 2.15 bits per heavy atom. The van der Waals surface area contributed by atoms with Crippen molar-refractivity contribution in [2.24, 2.45) is 0 Å².